The summed E-state index contributed by atoms with van der Waals surface area (Å²) in [6.07, 6.45) is 6.02. The van der Waals surface area contributed by atoms with Gasteiger partial charge in [-0.15, -0.1) is 0 Å². The summed E-state index contributed by atoms with van der Waals surface area (Å²) in [5.41, 5.74) is 1.98. The van der Waals surface area contributed by atoms with Gasteiger partial charge in [-0.2, -0.15) is 0 Å². The number of carbonyl (C=O) groups is 2. The van der Waals surface area contributed by atoms with Gasteiger partial charge in [0.25, 0.3) is 5.91 Å². The lowest BCUT2D eigenvalue weighted by Crippen LogP contribution is -2.39. The zero-order valence-corrected chi connectivity index (χ0v) is 18.9. The summed E-state index contributed by atoms with van der Waals surface area (Å²) >= 11 is 3.28. The molecular formula is C23H22BrFN4O3. The maximum atomic E-state index is 14.3. The third-order valence-electron chi connectivity index (χ3n) is 5.82. The number of nitrogens with one attached hydrogen (secondary N) is 2. The quantitative estimate of drug-likeness (QED) is 0.449. The third-order valence-corrected chi connectivity index (χ3v) is 6.25. The van der Waals surface area contributed by atoms with Gasteiger partial charge in [-0.25, -0.2) is 9.18 Å². The van der Waals surface area contributed by atoms with Crippen molar-refractivity contribution in [2.24, 2.45) is 5.92 Å². The van der Waals surface area contributed by atoms with E-state index in [1.807, 2.05) is 6.07 Å². The highest BCUT2D eigenvalue weighted by Crippen LogP contribution is 2.39. The van der Waals surface area contributed by atoms with Crippen molar-refractivity contribution in [1.82, 2.24) is 15.3 Å². The van der Waals surface area contributed by atoms with Crippen molar-refractivity contribution in [1.29, 1.82) is 0 Å². The second-order valence-electron chi connectivity index (χ2n) is 8.22. The number of carboxylic acid groups (broad SMARTS) is 1. The molecule has 7 nitrogen and oxygen atoms in total. The molecule has 166 valence electrons. The van der Waals surface area contributed by atoms with Gasteiger partial charge >= 0.3 is 6.09 Å². The lowest BCUT2D eigenvalue weighted by Gasteiger charge is -2.34. The number of fused-ring (bicyclic) bond motifs is 1. The highest BCUT2D eigenvalue weighted by atomic mass is 79.9. The van der Waals surface area contributed by atoms with E-state index in [1.165, 1.54) is 18.3 Å². The monoisotopic (exact) mass is 500 g/mol. The summed E-state index contributed by atoms with van der Waals surface area (Å²) in [7, 11) is 0. The van der Waals surface area contributed by atoms with Crippen molar-refractivity contribution in [3.8, 4) is 0 Å². The standard InChI is InChI=1S/C23H22BrFN4O3/c1-12-6-13(8-15(7-12)28-23(31)32)16-4-5-26-11-20(16)29-22(30)17-2-3-19(25)18-9-14(24)10-27-21(17)18/h2-5,9-13,15,28H,6-8H2,1H3,(H,29,30)(H,31,32)/t12-,13+,15-/m0/s1. The van der Waals surface area contributed by atoms with E-state index >= 15 is 0 Å². The van der Waals surface area contributed by atoms with Crippen LogP contribution in [0.3, 0.4) is 0 Å². The molecule has 2 heterocycles. The Hall–Kier alpha value is -3.07. The third kappa shape index (κ3) is 4.72. The molecule has 4 rings (SSSR count). The number of anilines is 1. The first-order valence-corrected chi connectivity index (χ1v) is 11.1. The Morgan fingerprint density at radius 1 is 1.19 bits per heavy atom. The predicted octanol–water partition coefficient (Wildman–Crippen LogP) is 5.32. The molecule has 2 amide bonds. The van der Waals surface area contributed by atoms with Crippen molar-refractivity contribution in [3.05, 3.63) is 64.3 Å². The molecule has 3 atom stereocenters. The zero-order valence-electron chi connectivity index (χ0n) is 17.3. The Bertz CT molecular complexity index is 1190. The molecule has 1 fully saturated rings. The Labute approximate surface area is 192 Å². The average molecular weight is 501 g/mol. The van der Waals surface area contributed by atoms with Crippen molar-refractivity contribution in [2.45, 2.75) is 38.1 Å². The summed E-state index contributed by atoms with van der Waals surface area (Å²) < 4.78 is 14.9. The molecule has 2 aromatic heterocycles. The number of benzene rings is 1. The van der Waals surface area contributed by atoms with Gasteiger partial charge in [0.05, 0.1) is 23.0 Å². The Kier molecular flexibility index (Phi) is 6.36. The molecule has 0 radical (unpaired) electrons. The summed E-state index contributed by atoms with van der Waals surface area (Å²) in [5, 5.41) is 14.9. The van der Waals surface area contributed by atoms with Crippen LogP contribution in [0.15, 0.2) is 47.3 Å². The van der Waals surface area contributed by atoms with Crippen LogP contribution in [0.2, 0.25) is 0 Å². The number of hydrogen-bond acceptors (Lipinski definition) is 4. The molecule has 0 bridgehead atoms. The first-order valence-electron chi connectivity index (χ1n) is 10.3. The van der Waals surface area contributed by atoms with E-state index in [0.717, 1.165) is 18.4 Å². The lowest BCUT2D eigenvalue weighted by atomic mass is 9.76. The average Bonchev–Trinajstić information content (AvgIpc) is 2.73. The number of hydrogen-bond donors (Lipinski definition) is 3. The van der Waals surface area contributed by atoms with E-state index in [1.54, 1.807) is 18.5 Å². The maximum Gasteiger partial charge on any atom is 0.404 e. The van der Waals surface area contributed by atoms with Gasteiger partial charge in [0.1, 0.15) is 5.82 Å². The molecular weight excluding hydrogens is 479 g/mol. The molecule has 32 heavy (non-hydrogen) atoms. The topological polar surface area (TPSA) is 104 Å². The molecule has 1 aliphatic rings. The number of halogens is 2. The van der Waals surface area contributed by atoms with Crippen LogP contribution in [-0.2, 0) is 0 Å². The number of pyridine rings is 2. The molecule has 1 saturated carbocycles. The number of carbonyl (C=O) groups excluding carboxylic acids is 1. The van der Waals surface area contributed by atoms with Crippen molar-refractivity contribution >= 4 is 44.5 Å². The van der Waals surface area contributed by atoms with Crippen LogP contribution < -0.4 is 10.6 Å². The first-order chi connectivity index (χ1) is 15.3. The van der Waals surface area contributed by atoms with Crippen LogP contribution in [0.4, 0.5) is 14.9 Å². The maximum absolute atomic E-state index is 14.3. The minimum Gasteiger partial charge on any atom is -0.465 e. The summed E-state index contributed by atoms with van der Waals surface area (Å²) in [5.74, 6) is -0.484. The molecule has 3 aromatic rings. The summed E-state index contributed by atoms with van der Waals surface area (Å²) in [4.78, 5) is 32.6. The van der Waals surface area contributed by atoms with Crippen LogP contribution in [0.25, 0.3) is 10.9 Å². The Morgan fingerprint density at radius 2 is 2.00 bits per heavy atom. The minimum atomic E-state index is -1.03. The normalized spacial score (nSPS) is 20.7. The van der Waals surface area contributed by atoms with Gasteiger partial charge in [0.15, 0.2) is 0 Å². The van der Waals surface area contributed by atoms with Crippen LogP contribution in [-0.4, -0.2) is 33.1 Å². The number of aromatic nitrogens is 2. The summed E-state index contributed by atoms with van der Waals surface area (Å²) in [6, 6.07) is 5.96. The Balaban J connectivity index is 1.63. The van der Waals surface area contributed by atoms with Crippen LogP contribution in [0.1, 0.15) is 48.0 Å². The fourth-order valence-electron chi connectivity index (χ4n) is 4.55. The largest absolute Gasteiger partial charge is 0.465 e. The fourth-order valence-corrected chi connectivity index (χ4v) is 4.88. The molecule has 3 N–H and O–H groups in total. The van der Waals surface area contributed by atoms with Crippen molar-refractivity contribution < 1.29 is 19.1 Å². The van der Waals surface area contributed by atoms with Crippen molar-refractivity contribution in [3.63, 3.8) is 0 Å². The van der Waals surface area contributed by atoms with E-state index in [2.05, 4.69) is 43.5 Å². The second kappa shape index (κ2) is 9.20. The van der Waals surface area contributed by atoms with E-state index in [-0.39, 0.29) is 28.4 Å². The van der Waals surface area contributed by atoms with Gasteiger partial charge in [0, 0.05) is 28.3 Å². The van der Waals surface area contributed by atoms with E-state index in [9.17, 15) is 14.0 Å². The highest BCUT2D eigenvalue weighted by molar-refractivity contribution is 9.10. The number of nitrogens with zero attached hydrogens (tertiary/aromatic N) is 2. The first kappa shape index (κ1) is 22.1. The molecule has 0 unspecified atom stereocenters. The van der Waals surface area contributed by atoms with Crippen molar-refractivity contribution in [2.75, 3.05) is 5.32 Å². The van der Waals surface area contributed by atoms with Gasteiger partial charge < -0.3 is 15.7 Å². The van der Waals surface area contributed by atoms with Gasteiger partial charge in [-0.1, -0.05) is 6.92 Å². The van der Waals surface area contributed by atoms with E-state index < -0.39 is 17.8 Å². The second-order valence-corrected chi connectivity index (χ2v) is 9.13. The fraction of sp³-hybridized carbons (Fsp3) is 0.304. The van der Waals surface area contributed by atoms with E-state index in [4.69, 9.17) is 5.11 Å². The summed E-state index contributed by atoms with van der Waals surface area (Å²) in [6.45, 7) is 2.09. The van der Waals surface area contributed by atoms with Gasteiger partial charge in [-0.3, -0.25) is 14.8 Å². The molecule has 0 saturated heterocycles. The molecule has 1 aliphatic carbocycles. The molecule has 9 heteroatoms. The highest BCUT2D eigenvalue weighted by Gasteiger charge is 2.30. The minimum absolute atomic E-state index is 0.0629. The number of rotatable bonds is 4. The van der Waals surface area contributed by atoms with Gasteiger partial charge in [0.2, 0.25) is 0 Å². The smallest absolute Gasteiger partial charge is 0.404 e. The van der Waals surface area contributed by atoms with Crippen LogP contribution >= 0.6 is 15.9 Å². The number of amides is 2. The lowest BCUT2D eigenvalue weighted by molar-refractivity contribution is 0.102. The Morgan fingerprint density at radius 3 is 2.78 bits per heavy atom. The molecule has 1 aromatic carbocycles. The van der Waals surface area contributed by atoms with Gasteiger partial charge in [-0.05, 0) is 76.9 Å². The van der Waals surface area contributed by atoms with Crippen LogP contribution in [0, 0.1) is 11.7 Å². The predicted molar refractivity (Wildman–Crippen MR) is 122 cm³/mol. The SMILES string of the molecule is C[C@@H]1C[C@H](NC(=O)O)C[C@H](c2ccncc2NC(=O)c2ccc(F)c3cc(Br)cnc23)C1. The molecule has 0 aliphatic heterocycles. The van der Waals surface area contributed by atoms with Crippen LogP contribution in [0.5, 0.6) is 0 Å². The van der Waals surface area contributed by atoms with E-state index in [0.29, 0.717) is 22.5 Å². The molecule has 0 spiro atoms. The zero-order chi connectivity index (χ0) is 22.8.